The number of aliphatic hydroxyl groups is 2. The lowest BCUT2D eigenvalue weighted by atomic mass is 10.2. The summed E-state index contributed by atoms with van der Waals surface area (Å²) < 4.78 is 17.2. The van der Waals surface area contributed by atoms with E-state index in [1.807, 2.05) is 0 Å². The van der Waals surface area contributed by atoms with Crippen LogP contribution in [0.25, 0.3) is 0 Å². The van der Waals surface area contributed by atoms with Crippen LogP contribution in [0.1, 0.15) is 44.9 Å². The van der Waals surface area contributed by atoms with E-state index < -0.39 is 12.2 Å². The normalized spacial score (nSPS) is 13.1. The number of ether oxygens (including phenoxy) is 3. The van der Waals surface area contributed by atoms with Gasteiger partial charge in [0.15, 0.2) is 0 Å². The second kappa shape index (κ2) is 24.7. The molecule has 0 aliphatic carbocycles. The largest absolute Gasteiger partial charge is 0.391 e. The Bertz CT molecular complexity index is 649. The number of rotatable bonds is 26. The van der Waals surface area contributed by atoms with Crippen LogP contribution in [0.15, 0.2) is 38.0 Å². The summed E-state index contributed by atoms with van der Waals surface area (Å²) in [5.41, 5.74) is 0. The molecule has 218 valence electrons. The summed E-state index contributed by atoms with van der Waals surface area (Å²) in [5.74, 6) is -0.688. The van der Waals surface area contributed by atoms with Crippen molar-refractivity contribution in [3.8, 4) is 0 Å². The predicted octanol–water partition coefficient (Wildman–Crippen LogP) is 0.764. The summed E-state index contributed by atoms with van der Waals surface area (Å²) in [5, 5.41) is 28.3. The van der Waals surface area contributed by atoms with Gasteiger partial charge in [0.2, 0.25) is 17.7 Å². The Morgan fingerprint density at radius 2 is 1.05 bits per heavy atom. The molecule has 0 aromatic carbocycles. The van der Waals surface area contributed by atoms with Gasteiger partial charge in [-0.05, 0) is 63.2 Å². The van der Waals surface area contributed by atoms with Crippen LogP contribution in [0.5, 0.6) is 0 Å². The van der Waals surface area contributed by atoms with Crippen LogP contribution in [0.3, 0.4) is 0 Å². The van der Waals surface area contributed by atoms with E-state index in [0.29, 0.717) is 51.9 Å². The third kappa shape index (κ3) is 22.6. The second-order valence-corrected chi connectivity index (χ2v) is 8.71. The number of amides is 3. The molecule has 0 saturated heterocycles. The fraction of sp³-hybridized carbons (Fsp3) is 0.667. The maximum absolute atomic E-state index is 11.2. The number of nitrogens with one attached hydrogen (secondary N) is 3. The van der Waals surface area contributed by atoms with Crippen LogP contribution in [-0.4, -0.2) is 98.9 Å². The molecule has 0 saturated carbocycles. The van der Waals surface area contributed by atoms with Crippen LogP contribution in [0, 0.1) is 0 Å². The topological polar surface area (TPSA) is 155 Å². The average Bonchev–Trinajstić information content (AvgIpc) is 2.91. The van der Waals surface area contributed by atoms with E-state index in [9.17, 15) is 24.6 Å². The third-order valence-corrected chi connectivity index (χ3v) is 5.28. The molecular weight excluding hydrogens is 494 g/mol. The SMILES string of the molecule is C=CC(=O)NCCCCCOC(COCC(O)CCCNC(=O)C=C)COCC(O)CCCNC(=O)C=C. The van der Waals surface area contributed by atoms with E-state index in [1.54, 1.807) is 0 Å². The van der Waals surface area contributed by atoms with E-state index in [-0.39, 0.29) is 50.3 Å². The maximum atomic E-state index is 11.2. The first-order valence-electron chi connectivity index (χ1n) is 13.2. The minimum atomic E-state index is -0.675. The van der Waals surface area contributed by atoms with Gasteiger partial charge in [-0.25, -0.2) is 0 Å². The lowest BCUT2D eigenvalue weighted by molar-refractivity contribution is -0.117. The Hall–Kier alpha value is -2.57. The Kier molecular flexibility index (Phi) is 23.1. The van der Waals surface area contributed by atoms with Crippen molar-refractivity contribution >= 4 is 17.7 Å². The number of carbonyl (C=O) groups excluding carboxylic acids is 3. The Morgan fingerprint density at radius 1 is 0.632 bits per heavy atom. The molecule has 0 aromatic heterocycles. The number of unbranched alkanes of at least 4 members (excludes halogenated alkanes) is 2. The molecule has 3 amide bonds. The summed E-state index contributed by atoms with van der Waals surface area (Å²) in [4.78, 5) is 33.4. The van der Waals surface area contributed by atoms with Gasteiger partial charge >= 0.3 is 0 Å². The predicted molar refractivity (Wildman–Crippen MR) is 145 cm³/mol. The molecule has 0 aliphatic heterocycles. The molecule has 0 aromatic rings. The Labute approximate surface area is 226 Å². The number of hydrogen-bond donors (Lipinski definition) is 5. The molecule has 2 atom stereocenters. The quantitative estimate of drug-likeness (QED) is 0.0794. The summed E-state index contributed by atoms with van der Waals surface area (Å²) in [6.45, 7) is 12.8. The fourth-order valence-corrected chi connectivity index (χ4v) is 3.16. The van der Waals surface area contributed by atoms with Gasteiger partial charge in [-0.1, -0.05) is 19.7 Å². The van der Waals surface area contributed by atoms with Crippen molar-refractivity contribution < 1.29 is 38.8 Å². The molecular formula is C27H47N3O8. The van der Waals surface area contributed by atoms with Crippen LogP contribution in [0.4, 0.5) is 0 Å². The minimum absolute atomic E-state index is 0.122. The van der Waals surface area contributed by atoms with Crippen LogP contribution >= 0.6 is 0 Å². The van der Waals surface area contributed by atoms with Gasteiger partial charge < -0.3 is 40.4 Å². The van der Waals surface area contributed by atoms with Crippen LogP contribution in [-0.2, 0) is 28.6 Å². The molecule has 2 unspecified atom stereocenters. The minimum Gasteiger partial charge on any atom is -0.391 e. The van der Waals surface area contributed by atoms with Crippen LogP contribution < -0.4 is 16.0 Å². The maximum Gasteiger partial charge on any atom is 0.243 e. The Morgan fingerprint density at radius 3 is 1.47 bits per heavy atom. The molecule has 38 heavy (non-hydrogen) atoms. The molecule has 11 nitrogen and oxygen atoms in total. The molecule has 0 aliphatic rings. The van der Waals surface area contributed by atoms with E-state index in [0.717, 1.165) is 19.3 Å². The lowest BCUT2D eigenvalue weighted by Gasteiger charge is -2.20. The smallest absolute Gasteiger partial charge is 0.243 e. The zero-order chi connectivity index (χ0) is 28.4. The average molecular weight is 542 g/mol. The number of carbonyl (C=O) groups is 3. The highest BCUT2D eigenvalue weighted by Crippen LogP contribution is 2.04. The summed E-state index contributed by atoms with van der Waals surface area (Å²) in [6.07, 6.45) is 6.55. The fourth-order valence-electron chi connectivity index (χ4n) is 3.16. The lowest BCUT2D eigenvalue weighted by Crippen LogP contribution is -2.30. The van der Waals surface area contributed by atoms with Gasteiger partial charge in [0.05, 0.1) is 38.6 Å². The molecule has 0 bridgehead atoms. The molecule has 0 spiro atoms. The highest BCUT2D eigenvalue weighted by molar-refractivity contribution is 5.87. The molecule has 11 heteroatoms. The zero-order valence-electron chi connectivity index (χ0n) is 22.5. The van der Waals surface area contributed by atoms with E-state index in [2.05, 4.69) is 35.7 Å². The molecule has 0 fully saturated rings. The number of aliphatic hydroxyl groups excluding tert-OH is 2. The van der Waals surface area contributed by atoms with Crippen molar-refractivity contribution in [2.45, 2.75) is 63.3 Å². The van der Waals surface area contributed by atoms with Gasteiger partial charge in [0, 0.05) is 26.2 Å². The monoisotopic (exact) mass is 541 g/mol. The van der Waals surface area contributed by atoms with Crippen molar-refractivity contribution in [3.63, 3.8) is 0 Å². The van der Waals surface area contributed by atoms with Crippen molar-refractivity contribution in [2.24, 2.45) is 0 Å². The highest BCUT2D eigenvalue weighted by atomic mass is 16.6. The van der Waals surface area contributed by atoms with E-state index in [4.69, 9.17) is 14.2 Å². The molecule has 0 rings (SSSR count). The standard InChI is InChI=1S/C27H47N3O8/c1-4-25(33)28-14-8-7-9-17-38-24(20-36-18-22(31)12-10-15-29-26(34)5-2)21-37-19-23(32)13-11-16-30-27(35)6-3/h4-6,22-24,31-32H,1-3,7-21H2,(H,28,33)(H,29,34)(H,30,35). The summed E-state index contributed by atoms with van der Waals surface area (Å²) in [6, 6.07) is 0. The van der Waals surface area contributed by atoms with Gasteiger partial charge in [0.25, 0.3) is 0 Å². The zero-order valence-corrected chi connectivity index (χ0v) is 22.5. The first-order valence-corrected chi connectivity index (χ1v) is 13.2. The van der Waals surface area contributed by atoms with Crippen LogP contribution in [0.2, 0.25) is 0 Å². The second-order valence-electron chi connectivity index (χ2n) is 8.71. The van der Waals surface area contributed by atoms with Crippen molar-refractivity contribution in [2.75, 3.05) is 52.7 Å². The molecule has 0 heterocycles. The van der Waals surface area contributed by atoms with Gasteiger partial charge in [0.1, 0.15) is 6.10 Å². The summed E-state index contributed by atoms with van der Waals surface area (Å²) >= 11 is 0. The van der Waals surface area contributed by atoms with Gasteiger partial charge in [-0.15, -0.1) is 0 Å². The van der Waals surface area contributed by atoms with Crippen molar-refractivity contribution in [1.29, 1.82) is 0 Å². The van der Waals surface area contributed by atoms with Gasteiger partial charge in [-0.3, -0.25) is 14.4 Å². The first kappa shape index (κ1) is 35.4. The third-order valence-electron chi connectivity index (χ3n) is 5.28. The summed E-state index contributed by atoms with van der Waals surface area (Å²) in [7, 11) is 0. The first-order chi connectivity index (χ1) is 18.3. The molecule has 0 radical (unpaired) electrons. The van der Waals surface area contributed by atoms with Gasteiger partial charge in [-0.2, -0.15) is 0 Å². The Balaban J connectivity index is 4.29. The van der Waals surface area contributed by atoms with E-state index in [1.165, 1.54) is 18.2 Å². The highest BCUT2D eigenvalue weighted by Gasteiger charge is 2.14. The van der Waals surface area contributed by atoms with Crippen molar-refractivity contribution in [1.82, 2.24) is 16.0 Å². The molecule has 5 N–H and O–H groups in total. The number of hydrogen-bond acceptors (Lipinski definition) is 8. The van der Waals surface area contributed by atoms with E-state index >= 15 is 0 Å². The van der Waals surface area contributed by atoms with Crippen molar-refractivity contribution in [3.05, 3.63) is 38.0 Å².